The first kappa shape index (κ1) is 18.4. The van der Waals surface area contributed by atoms with Crippen molar-refractivity contribution in [1.82, 2.24) is 0 Å². The Hall–Kier alpha value is -2.40. The number of anilines is 2. The van der Waals surface area contributed by atoms with Crippen LogP contribution in [-0.2, 0) is 17.6 Å². The lowest BCUT2D eigenvalue weighted by atomic mass is 9.99. The first-order valence-electron chi connectivity index (χ1n) is 8.78. The third-order valence-corrected chi connectivity index (χ3v) is 4.82. The van der Waals surface area contributed by atoms with E-state index < -0.39 is 0 Å². The van der Waals surface area contributed by atoms with Gasteiger partial charge in [0.25, 0.3) is 0 Å². The summed E-state index contributed by atoms with van der Waals surface area (Å²) in [4.78, 5) is 14.6. The second-order valence-corrected chi connectivity index (χ2v) is 6.47. The van der Waals surface area contributed by atoms with E-state index in [2.05, 4.69) is 0 Å². The average Bonchev–Trinajstić information content (AvgIpc) is 2.66. The zero-order valence-electron chi connectivity index (χ0n) is 14.6. The Morgan fingerprint density at radius 1 is 1.12 bits per heavy atom. The van der Waals surface area contributed by atoms with E-state index in [4.69, 9.17) is 15.2 Å². The summed E-state index contributed by atoms with van der Waals surface area (Å²) in [6.45, 7) is 1.92. The molecule has 2 aromatic carbocycles. The topological polar surface area (TPSA) is 64.8 Å². The van der Waals surface area contributed by atoms with E-state index in [1.54, 1.807) is 0 Å². The Morgan fingerprint density at radius 2 is 1.92 bits per heavy atom. The van der Waals surface area contributed by atoms with E-state index in [-0.39, 0.29) is 18.3 Å². The number of benzene rings is 2. The molecule has 2 aliphatic heterocycles. The maximum Gasteiger partial charge on any atom is 0.227 e. The molecule has 0 atom stereocenters. The van der Waals surface area contributed by atoms with Crippen LogP contribution in [0, 0.1) is 0 Å². The molecule has 6 heteroatoms. The van der Waals surface area contributed by atoms with Gasteiger partial charge >= 0.3 is 0 Å². The summed E-state index contributed by atoms with van der Waals surface area (Å²) in [5.74, 6) is 1.69. The minimum absolute atomic E-state index is 0. The van der Waals surface area contributed by atoms with Crippen molar-refractivity contribution in [3.8, 4) is 11.5 Å². The highest BCUT2D eigenvalue weighted by molar-refractivity contribution is 5.95. The number of hydrogen-bond donors (Lipinski definition) is 1. The molecule has 0 saturated heterocycles. The predicted octanol–water partition coefficient (Wildman–Crippen LogP) is 3.37. The first-order chi connectivity index (χ1) is 12.2. The summed E-state index contributed by atoms with van der Waals surface area (Å²) in [5.41, 5.74) is 10.0. The van der Waals surface area contributed by atoms with Crippen molar-refractivity contribution in [2.75, 3.05) is 30.4 Å². The number of nitrogen functional groups attached to an aromatic ring is 1. The lowest BCUT2D eigenvalue weighted by Crippen LogP contribution is -2.35. The van der Waals surface area contributed by atoms with Gasteiger partial charge in [-0.05, 0) is 54.7 Å². The number of carbonyl (C=O) groups is 1. The number of rotatable bonds is 3. The number of nitrogens with zero attached hydrogens (tertiary/aromatic N) is 1. The number of amides is 1. The van der Waals surface area contributed by atoms with Gasteiger partial charge in [-0.1, -0.05) is 12.1 Å². The van der Waals surface area contributed by atoms with E-state index in [0.717, 1.165) is 53.4 Å². The number of ether oxygens (including phenoxy) is 2. The van der Waals surface area contributed by atoms with Crippen LogP contribution >= 0.6 is 12.4 Å². The fourth-order valence-corrected chi connectivity index (χ4v) is 3.54. The van der Waals surface area contributed by atoms with Gasteiger partial charge in [0.05, 0.1) is 0 Å². The molecule has 2 aliphatic rings. The van der Waals surface area contributed by atoms with Gasteiger partial charge in [-0.2, -0.15) is 0 Å². The highest BCUT2D eigenvalue weighted by Crippen LogP contribution is 2.33. The molecule has 0 bridgehead atoms. The third-order valence-electron chi connectivity index (χ3n) is 4.82. The fourth-order valence-electron chi connectivity index (χ4n) is 3.54. The molecule has 2 N–H and O–H groups in total. The van der Waals surface area contributed by atoms with Crippen LogP contribution in [0.2, 0.25) is 0 Å². The minimum Gasteiger partial charge on any atom is -0.486 e. The Morgan fingerprint density at radius 3 is 2.77 bits per heavy atom. The molecule has 0 aromatic heterocycles. The molecule has 138 valence electrons. The van der Waals surface area contributed by atoms with Gasteiger partial charge < -0.3 is 20.1 Å². The summed E-state index contributed by atoms with van der Waals surface area (Å²) in [5, 5.41) is 0. The Kier molecular flexibility index (Phi) is 5.57. The van der Waals surface area contributed by atoms with Gasteiger partial charge in [0, 0.05) is 24.3 Å². The molecule has 2 heterocycles. The van der Waals surface area contributed by atoms with Crippen LogP contribution < -0.4 is 20.1 Å². The molecule has 0 saturated carbocycles. The molecule has 0 unspecified atom stereocenters. The van der Waals surface area contributed by atoms with Gasteiger partial charge in [0.1, 0.15) is 13.2 Å². The summed E-state index contributed by atoms with van der Waals surface area (Å²) in [6, 6.07) is 11.7. The van der Waals surface area contributed by atoms with Crippen LogP contribution in [0.3, 0.4) is 0 Å². The molecule has 0 aliphatic carbocycles. The van der Waals surface area contributed by atoms with Crippen LogP contribution in [0.4, 0.5) is 11.4 Å². The highest BCUT2D eigenvalue weighted by Gasteiger charge is 2.23. The number of carbonyl (C=O) groups excluding carboxylic acids is 1. The van der Waals surface area contributed by atoms with Crippen molar-refractivity contribution < 1.29 is 14.3 Å². The molecule has 4 rings (SSSR count). The molecule has 5 nitrogen and oxygen atoms in total. The quantitative estimate of drug-likeness (QED) is 0.836. The van der Waals surface area contributed by atoms with Crippen LogP contribution in [0.1, 0.15) is 24.0 Å². The smallest absolute Gasteiger partial charge is 0.227 e. The predicted molar refractivity (Wildman–Crippen MR) is 105 cm³/mol. The zero-order chi connectivity index (χ0) is 17.2. The van der Waals surface area contributed by atoms with Crippen molar-refractivity contribution in [2.24, 2.45) is 0 Å². The number of fused-ring (bicyclic) bond motifs is 2. The van der Waals surface area contributed by atoms with Gasteiger partial charge in [0.15, 0.2) is 11.5 Å². The van der Waals surface area contributed by atoms with Crippen LogP contribution in [-0.4, -0.2) is 25.7 Å². The highest BCUT2D eigenvalue weighted by atomic mass is 35.5. The van der Waals surface area contributed by atoms with Crippen LogP contribution in [0.25, 0.3) is 0 Å². The zero-order valence-corrected chi connectivity index (χ0v) is 15.4. The molecule has 2 aromatic rings. The van der Waals surface area contributed by atoms with Gasteiger partial charge in [-0.25, -0.2) is 0 Å². The number of halogens is 1. The largest absolute Gasteiger partial charge is 0.486 e. The molecule has 0 fully saturated rings. The summed E-state index contributed by atoms with van der Waals surface area (Å²) in [6.07, 6.45) is 3.04. The third kappa shape index (κ3) is 3.58. The Labute approximate surface area is 159 Å². The van der Waals surface area contributed by atoms with E-state index in [0.29, 0.717) is 26.1 Å². The van der Waals surface area contributed by atoms with Crippen molar-refractivity contribution in [3.05, 3.63) is 47.5 Å². The molecule has 0 radical (unpaired) electrons. The molecule has 1 amide bonds. The summed E-state index contributed by atoms with van der Waals surface area (Å²) < 4.78 is 11.2. The normalized spacial score (nSPS) is 15.0. The molecular weight excluding hydrogens is 352 g/mol. The van der Waals surface area contributed by atoms with Gasteiger partial charge in [-0.3, -0.25) is 4.79 Å². The van der Waals surface area contributed by atoms with E-state index in [1.165, 1.54) is 0 Å². The molecule has 0 spiro atoms. The maximum absolute atomic E-state index is 12.8. The standard InChI is InChI=1S/C20H22N2O3.ClH/c21-16-4-1-5-17-15(16)3-2-10-22(17)20(23)9-7-14-6-8-18-19(13-14)25-12-11-24-18;/h1,4-6,8,13H,2-3,7,9-12,21H2;1H. The van der Waals surface area contributed by atoms with E-state index in [9.17, 15) is 4.79 Å². The van der Waals surface area contributed by atoms with E-state index in [1.807, 2.05) is 41.3 Å². The van der Waals surface area contributed by atoms with Gasteiger partial charge in [-0.15, -0.1) is 12.4 Å². The van der Waals surface area contributed by atoms with Crippen molar-refractivity contribution in [1.29, 1.82) is 0 Å². The van der Waals surface area contributed by atoms with Crippen LogP contribution in [0.5, 0.6) is 11.5 Å². The van der Waals surface area contributed by atoms with Crippen molar-refractivity contribution in [2.45, 2.75) is 25.7 Å². The number of hydrogen-bond acceptors (Lipinski definition) is 4. The number of aryl methyl sites for hydroxylation is 1. The second-order valence-electron chi connectivity index (χ2n) is 6.47. The number of nitrogens with two attached hydrogens (primary N) is 1. The summed E-state index contributed by atoms with van der Waals surface area (Å²) in [7, 11) is 0. The average molecular weight is 375 g/mol. The van der Waals surface area contributed by atoms with Gasteiger partial charge in [0.2, 0.25) is 5.91 Å². The van der Waals surface area contributed by atoms with Crippen LogP contribution in [0.15, 0.2) is 36.4 Å². The molecule has 26 heavy (non-hydrogen) atoms. The Balaban J connectivity index is 0.00000196. The fraction of sp³-hybridized carbons (Fsp3) is 0.350. The van der Waals surface area contributed by atoms with Crippen molar-refractivity contribution >= 4 is 29.7 Å². The second kappa shape index (κ2) is 7.87. The maximum atomic E-state index is 12.8. The first-order valence-corrected chi connectivity index (χ1v) is 8.78. The lowest BCUT2D eigenvalue weighted by molar-refractivity contribution is -0.118. The SMILES string of the molecule is Cl.Nc1cccc2c1CCCN2C(=O)CCc1ccc2c(c1)OCCO2. The summed E-state index contributed by atoms with van der Waals surface area (Å²) >= 11 is 0. The lowest BCUT2D eigenvalue weighted by Gasteiger charge is -2.30. The molecular formula is C20H23ClN2O3. The van der Waals surface area contributed by atoms with Crippen molar-refractivity contribution in [3.63, 3.8) is 0 Å². The van der Waals surface area contributed by atoms with E-state index >= 15 is 0 Å². The monoisotopic (exact) mass is 374 g/mol. The minimum atomic E-state index is 0. The Bertz CT molecular complexity index is 810.